The highest BCUT2D eigenvalue weighted by Crippen LogP contribution is 2.37. The van der Waals surface area contributed by atoms with Crippen LogP contribution in [0, 0.1) is 12.8 Å². The molecule has 0 aromatic carbocycles. The van der Waals surface area contributed by atoms with Gasteiger partial charge in [-0.15, -0.1) is 11.3 Å². The van der Waals surface area contributed by atoms with Gasteiger partial charge in [-0.05, 0) is 49.1 Å². The first-order valence-electron chi connectivity index (χ1n) is 10.1. The zero-order chi connectivity index (χ0) is 20.5. The van der Waals surface area contributed by atoms with Crippen LogP contribution >= 0.6 is 11.3 Å². The number of aromatic amines is 2. The summed E-state index contributed by atoms with van der Waals surface area (Å²) in [5, 5.41) is 8.39. The normalized spacial score (nSPS) is 15.8. The van der Waals surface area contributed by atoms with Crippen molar-refractivity contribution in [3.05, 3.63) is 54.2 Å². The Morgan fingerprint density at radius 1 is 1.31 bits per heavy atom. The third-order valence-corrected chi connectivity index (χ3v) is 7.00. The Hall–Kier alpha value is -2.61. The lowest BCUT2D eigenvalue weighted by atomic mass is 9.96. The van der Waals surface area contributed by atoms with E-state index in [9.17, 15) is 14.4 Å². The molecule has 0 spiro atoms. The molecule has 1 saturated carbocycles. The van der Waals surface area contributed by atoms with Crippen LogP contribution in [-0.4, -0.2) is 20.7 Å². The molecule has 4 rings (SSSR count). The van der Waals surface area contributed by atoms with Crippen LogP contribution in [0.1, 0.15) is 54.1 Å². The predicted molar refractivity (Wildman–Crippen MR) is 114 cm³/mol. The summed E-state index contributed by atoms with van der Waals surface area (Å²) in [4.78, 5) is 41.4. The van der Waals surface area contributed by atoms with Gasteiger partial charge in [0.15, 0.2) is 0 Å². The molecule has 0 saturated heterocycles. The number of hydrogen-bond donors (Lipinski definition) is 3. The second kappa shape index (κ2) is 8.02. The summed E-state index contributed by atoms with van der Waals surface area (Å²) in [5.74, 6) is 0.415. The second-order valence-electron chi connectivity index (χ2n) is 7.89. The van der Waals surface area contributed by atoms with Crippen LogP contribution in [0.2, 0.25) is 0 Å². The van der Waals surface area contributed by atoms with E-state index in [1.165, 1.54) is 22.4 Å². The average Bonchev–Trinajstić information content (AvgIpc) is 3.42. The van der Waals surface area contributed by atoms with Crippen molar-refractivity contribution in [2.45, 2.75) is 51.5 Å². The summed E-state index contributed by atoms with van der Waals surface area (Å²) < 4.78 is 1.51. The smallest absolute Gasteiger partial charge is 0.273 e. The molecule has 3 N–H and O–H groups in total. The first-order valence-corrected chi connectivity index (χ1v) is 11.0. The third-order valence-electron chi connectivity index (χ3n) is 6.04. The minimum Gasteiger partial charge on any atom is -0.348 e. The number of nitrogens with zero attached hydrogens (tertiary/aromatic N) is 1. The Balaban J connectivity index is 1.51. The van der Waals surface area contributed by atoms with Gasteiger partial charge in [0.05, 0.1) is 11.4 Å². The van der Waals surface area contributed by atoms with E-state index < -0.39 is 0 Å². The monoisotopic (exact) mass is 414 g/mol. The van der Waals surface area contributed by atoms with Crippen molar-refractivity contribution >= 4 is 28.3 Å². The summed E-state index contributed by atoms with van der Waals surface area (Å²) in [7, 11) is 1.68. The molecule has 1 atom stereocenters. The fourth-order valence-electron chi connectivity index (χ4n) is 4.50. The summed E-state index contributed by atoms with van der Waals surface area (Å²) in [6, 6.07) is 4.14. The summed E-state index contributed by atoms with van der Waals surface area (Å²) in [5.41, 5.74) is 1.13. The van der Waals surface area contributed by atoms with Gasteiger partial charge in [0.1, 0.15) is 5.65 Å². The van der Waals surface area contributed by atoms with Gasteiger partial charge in [-0.1, -0.05) is 18.9 Å². The van der Waals surface area contributed by atoms with E-state index in [4.69, 9.17) is 0 Å². The molecule has 1 aliphatic carbocycles. The van der Waals surface area contributed by atoms with Crippen molar-refractivity contribution in [2.75, 3.05) is 0 Å². The van der Waals surface area contributed by atoms with E-state index in [-0.39, 0.29) is 29.5 Å². The van der Waals surface area contributed by atoms with E-state index in [0.717, 1.165) is 12.8 Å². The van der Waals surface area contributed by atoms with Gasteiger partial charge in [0.2, 0.25) is 5.91 Å². The van der Waals surface area contributed by atoms with Gasteiger partial charge >= 0.3 is 0 Å². The van der Waals surface area contributed by atoms with Crippen LogP contribution in [0.3, 0.4) is 0 Å². The van der Waals surface area contributed by atoms with Crippen LogP contribution in [0.5, 0.6) is 0 Å². The highest BCUT2D eigenvalue weighted by atomic mass is 32.1. The van der Waals surface area contributed by atoms with Crippen molar-refractivity contribution in [3.63, 3.8) is 0 Å². The maximum atomic E-state index is 12.7. The van der Waals surface area contributed by atoms with Crippen molar-refractivity contribution in [1.82, 2.24) is 20.1 Å². The van der Waals surface area contributed by atoms with E-state index in [1.54, 1.807) is 25.3 Å². The predicted octanol–water partition coefficient (Wildman–Crippen LogP) is 2.91. The van der Waals surface area contributed by atoms with Gasteiger partial charge in [0.25, 0.3) is 11.1 Å². The lowest BCUT2D eigenvalue weighted by molar-refractivity contribution is -0.122. The number of H-pyrrole nitrogens is 2. The Labute approximate surface area is 172 Å². The lowest BCUT2D eigenvalue weighted by Gasteiger charge is -2.24. The molecule has 3 aromatic heterocycles. The molecule has 1 aliphatic rings. The Morgan fingerprint density at radius 2 is 2.07 bits per heavy atom. The molecule has 3 aromatic rings. The van der Waals surface area contributed by atoms with Gasteiger partial charge in [-0.25, -0.2) is 0 Å². The van der Waals surface area contributed by atoms with Crippen LogP contribution in [0.25, 0.3) is 11.0 Å². The zero-order valence-corrected chi connectivity index (χ0v) is 17.5. The number of pyridine rings is 1. The number of aryl methyl sites for hydroxylation is 2. The van der Waals surface area contributed by atoms with Crippen molar-refractivity contribution in [2.24, 2.45) is 13.0 Å². The topological polar surface area (TPSA) is 99.8 Å². The molecule has 0 aliphatic heterocycles. The first-order chi connectivity index (χ1) is 14.0. The number of carbonyl (C=O) groups excluding carboxylic acids is 1. The number of aromatic nitrogens is 3. The quantitative estimate of drug-likeness (QED) is 0.578. The lowest BCUT2D eigenvalue weighted by Crippen LogP contribution is -2.32. The standard InChI is InChI=1S/C21H26N4O3S/c1-12-14(20(27)23-19-17(12)21(28)24-25(19)2)9-10-16(26)22-18(13-6-3-4-7-13)15-8-5-11-29-15/h5,8,11,13,18H,3-4,6-7,9-10H2,1-2H3,(H,22,26)(H,23,27)(H,24,28)/t18-/m0/s1. The number of rotatable bonds is 6. The van der Waals surface area contributed by atoms with Crippen LogP contribution < -0.4 is 16.4 Å². The molecule has 1 amide bonds. The molecule has 0 unspecified atom stereocenters. The molecule has 1 fully saturated rings. The summed E-state index contributed by atoms with van der Waals surface area (Å²) >= 11 is 1.67. The summed E-state index contributed by atoms with van der Waals surface area (Å²) in [6.45, 7) is 1.77. The molecular weight excluding hydrogens is 388 g/mol. The Bertz CT molecular complexity index is 1130. The van der Waals surface area contributed by atoms with Gasteiger partial charge in [-0.3, -0.25) is 24.2 Å². The van der Waals surface area contributed by atoms with Crippen LogP contribution in [0.4, 0.5) is 0 Å². The summed E-state index contributed by atoms with van der Waals surface area (Å²) in [6.07, 6.45) is 5.21. The molecule has 154 valence electrons. The number of amides is 1. The third kappa shape index (κ3) is 3.81. The molecule has 3 heterocycles. The van der Waals surface area contributed by atoms with Crippen LogP contribution in [0.15, 0.2) is 27.1 Å². The van der Waals surface area contributed by atoms with Crippen molar-refractivity contribution in [1.29, 1.82) is 0 Å². The second-order valence-corrected chi connectivity index (χ2v) is 8.87. The minimum absolute atomic E-state index is 0.0452. The van der Waals surface area contributed by atoms with Gasteiger partial charge in [-0.2, -0.15) is 0 Å². The molecular formula is C21H26N4O3S. The molecule has 29 heavy (non-hydrogen) atoms. The van der Waals surface area contributed by atoms with E-state index in [0.29, 0.717) is 34.5 Å². The zero-order valence-electron chi connectivity index (χ0n) is 16.7. The fraction of sp³-hybridized carbons (Fsp3) is 0.476. The molecule has 0 bridgehead atoms. The molecule has 7 nitrogen and oxygen atoms in total. The van der Waals surface area contributed by atoms with E-state index in [2.05, 4.69) is 21.5 Å². The van der Waals surface area contributed by atoms with Gasteiger partial charge in [0, 0.05) is 23.9 Å². The SMILES string of the molecule is Cc1c(CCC(=O)N[C@H](c2cccs2)C2CCCC2)c(=O)[nH]c2c1c(=O)[nH]n2C. The van der Waals surface area contributed by atoms with Gasteiger partial charge < -0.3 is 10.3 Å². The molecule has 0 radical (unpaired) electrons. The fourth-order valence-corrected chi connectivity index (χ4v) is 5.37. The maximum Gasteiger partial charge on any atom is 0.273 e. The number of thiophene rings is 1. The first kappa shape index (κ1) is 19.7. The highest BCUT2D eigenvalue weighted by Gasteiger charge is 2.28. The maximum absolute atomic E-state index is 12.7. The number of hydrogen-bond acceptors (Lipinski definition) is 4. The molecule has 8 heteroatoms. The number of carbonyl (C=O) groups is 1. The number of nitrogens with one attached hydrogen (secondary N) is 3. The Morgan fingerprint density at radius 3 is 2.76 bits per heavy atom. The van der Waals surface area contributed by atoms with E-state index >= 15 is 0 Å². The minimum atomic E-state index is -0.247. The average molecular weight is 415 g/mol. The van der Waals surface area contributed by atoms with Crippen molar-refractivity contribution in [3.8, 4) is 0 Å². The largest absolute Gasteiger partial charge is 0.348 e. The van der Waals surface area contributed by atoms with E-state index in [1.807, 2.05) is 11.4 Å². The number of fused-ring (bicyclic) bond motifs is 1. The Kier molecular flexibility index (Phi) is 5.45. The highest BCUT2D eigenvalue weighted by molar-refractivity contribution is 7.10. The van der Waals surface area contributed by atoms with Crippen LogP contribution in [-0.2, 0) is 18.3 Å². The van der Waals surface area contributed by atoms with Crippen molar-refractivity contribution < 1.29 is 4.79 Å².